The van der Waals surface area contributed by atoms with Gasteiger partial charge in [-0.2, -0.15) is 0 Å². The fourth-order valence-corrected chi connectivity index (χ4v) is 5.02. The van der Waals surface area contributed by atoms with Crippen molar-refractivity contribution in [3.8, 4) is 0 Å². The van der Waals surface area contributed by atoms with Gasteiger partial charge in [0.15, 0.2) is 5.65 Å². The van der Waals surface area contributed by atoms with Gasteiger partial charge in [-0.3, -0.25) is 4.99 Å². The van der Waals surface area contributed by atoms with Gasteiger partial charge in [0.1, 0.15) is 5.52 Å². The molecule has 0 bridgehead atoms. The van der Waals surface area contributed by atoms with Gasteiger partial charge in [-0.1, -0.05) is 78.4 Å². The van der Waals surface area contributed by atoms with Crippen LogP contribution in [0.4, 0.5) is 0 Å². The summed E-state index contributed by atoms with van der Waals surface area (Å²) in [6, 6.07) is 28.4. The summed E-state index contributed by atoms with van der Waals surface area (Å²) in [5.74, 6) is 0. The first-order valence-electron chi connectivity index (χ1n) is 10.8. The lowest BCUT2D eigenvalue weighted by Crippen LogP contribution is -2.12. The van der Waals surface area contributed by atoms with Crippen LogP contribution in [0.2, 0.25) is 0 Å². The molecule has 0 unspecified atom stereocenters. The Kier molecular flexibility index (Phi) is 5.77. The van der Waals surface area contributed by atoms with Crippen molar-refractivity contribution in [1.29, 1.82) is 0 Å². The van der Waals surface area contributed by atoms with Gasteiger partial charge in [0.05, 0.1) is 29.0 Å². The summed E-state index contributed by atoms with van der Waals surface area (Å²) >= 11 is 0. The fourth-order valence-electron chi connectivity index (χ4n) is 3.72. The van der Waals surface area contributed by atoms with Crippen molar-refractivity contribution >= 4 is 26.9 Å². The largest absolute Gasteiger partial charge is 0.278 e. The molecule has 2 heterocycles. The van der Waals surface area contributed by atoms with E-state index in [0.717, 1.165) is 22.4 Å². The van der Waals surface area contributed by atoms with Crippen LogP contribution in [0.5, 0.6) is 0 Å². The maximum atomic E-state index is 13.1. The minimum Gasteiger partial charge on any atom is -0.278 e. The van der Waals surface area contributed by atoms with E-state index < -0.39 is 10.0 Å². The van der Waals surface area contributed by atoms with E-state index in [-0.39, 0.29) is 4.90 Å². The van der Waals surface area contributed by atoms with Gasteiger partial charge >= 0.3 is 0 Å². The Balaban J connectivity index is 1.48. The number of nitrogens with zero attached hydrogens (tertiary/aromatic N) is 4. The van der Waals surface area contributed by atoms with Crippen LogP contribution < -0.4 is 0 Å². The molecule has 0 aliphatic rings. The van der Waals surface area contributed by atoms with Gasteiger partial charge in [0.2, 0.25) is 0 Å². The lowest BCUT2D eigenvalue weighted by Gasteiger charge is -2.08. The molecule has 0 saturated heterocycles. The molecule has 2 aromatic heterocycles. The topological polar surface area (TPSA) is 77.2 Å². The predicted molar refractivity (Wildman–Crippen MR) is 134 cm³/mol. The second kappa shape index (κ2) is 9.03. The van der Waals surface area contributed by atoms with Crippen LogP contribution >= 0.6 is 0 Å². The van der Waals surface area contributed by atoms with E-state index in [2.05, 4.69) is 9.97 Å². The van der Waals surface area contributed by atoms with Crippen molar-refractivity contribution in [2.24, 2.45) is 4.99 Å². The molecule has 5 rings (SSSR count). The first-order chi connectivity index (χ1) is 16.5. The summed E-state index contributed by atoms with van der Waals surface area (Å²) in [5, 5.41) is 0. The van der Waals surface area contributed by atoms with Gasteiger partial charge < -0.3 is 0 Å². The van der Waals surface area contributed by atoms with Gasteiger partial charge in [0.25, 0.3) is 10.0 Å². The molecule has 0 aliphatic heterocycles. The number of fused-ring (bicyclic) bond motifs is 1. The summed E-state index contributed by atoms with van der Waals surface area (Å²) in [4.78, 5) is 14.1. The molecule has 6 nitrogen and oxygen atoms in total. The first kappa shape index (κ1) is 21.7. The van der Waals surface area contributed by atoms with Crippen LogP contribution in [-0.4, -0.2) is 28.1 Å². The van der Waals surface area contributed by atoms with E-state index >= 15 is 0 Å². The summed E-state index contributed by atoms with van der Waals surface area (Å²) in [7, 11) is -3.76. The highest BCUT2D eigenvalue weighted by Crippen LogP contribution is 2.21. The number of benzene rings is 3. The van der Waals surface area contributed by atoms with Crippen molar-refractivity contribution in [3.63, 3.8) is 0 Å². The molecule has 0 amide bonds. The van der Waals surface area contributed by atoms with E-state index in [4.69, 9.17) is 4.99 Å². The quantitative estimate of drug-likeness (QED) is 0.330. The molecule has 0 radical (unpaired) electrons. The zero-order chi connectivity index (χ0) is 23.5. The average Bonchev–Trinajstić information content (AvgIpc) is 3.30. The number of aryl methyl sites for hydroxylation is 1. The number of aromatic nitrogens is 3. The van der Waals surface area contributed by atoms with Crippen molar-refractivity contribution < 1.29 is 8.42 Å². The number of rotatable bonds is 6. The Labute approximate surface area is 198 Å². The fraction of sp³-hybridized carbons (Fsp3) is 0.0741. The van der Waals surface area contributed by atoms with E-state index in [9.17, 15) is 8.42 Å². The Bertz CT molecular complexity index is 1530. The van der Waals surface area contributed by atoms with Gasteiger partial charge in [-0.25, -0.2) is 22.4 Å². The molecule has 0 aliphatic carbocycles. The molecular formula is C27H22N4O2S. The second-order valence-corrected chi connectivity index (χ2v) is 9.71. The molecule has 0 atom stereocenters. The molecule has 3 aromatic carbocycles. The van der Waals surface area contributed by atoms with Gasteiger partial charge in [-0.05, 0) is 25.1 Å². The smallest absolute Gasteiger partial charge is 0.269 e. The summed E-state index contributed by atoms with van der Waals surface area (Å²) < 4.78 is 27.4. The Hall–Kier alpha value is -4.10. The highest BCUT2D eigenvalue weighted by atomic mass is 32.2. The highest BCUT2D eigenvalue weighted by molar-refractivity contribution is 7.90. The van der Waals surface area contributed by atoms with Crippen LogP contribution in [0, 0.1) is 6.92 Å². The maximum absolute atomic E-state index is 13.1. The third-order valence-corrected chi connectivity index (χ3v) is 7.16. The van der Waals surface area contributed by atoms with Crippen molar-refractivity contribution in [3.05, 3.63) is 126 Å². The molecule has 7 heteroatoms. The zero-order valence-electron chi connectivity index (χ0n) is 18.5. The maximum Gasteiger partial charge on any atom is 0.269 e. The number of hydrogen-bond donors (Lipinski definition) is 0. The van der Waals surface area contributed by atoms with Crippen molar-refractivity contribution in [2.45, 2.75) is 18.4 Å². The standard InChI is InChI=1S/C27H22N4O2S/c1-20-12-14-24(15-13-20)34(32,33)31-17-16-25-27(31)29-19-23(30-25)18-28-26(21-8-4-2-5-9-21)22-10-6-3-7-11-22/h2-17,19H,18H2,1H3. The Morgan fingerprint density at radius 2 is 1.47 bits per heavy atom. The van der Waals surface area contributed by atoms with Crippen LogP contribution in [-0.2, 0) is 16.6 Å². The minimum atomic E-state index is -3.76. The molecular weight excluding hydrogens is 444 g/mol. The third kappa shape index (κ3) is 4.25. The number of hydrogen-bond acceptors (Lipinski definition) is 5. The van der Waals surface area contributed by atoms with Gasteiger partial charge in [-0.15, -0.1) is 0 Å². The van der Waals surface area contributed by atoms with E-state index in [1.165, 1.54) is 10.2 Å². The molecule has 168 valence electrons. The Morgan fingerprint density at radius 1 is 0.853 bits per heavy atom. The number of aliphatic imine (C=N–C) groups is 1. The molecule has 0 saturated carbocycles. The van der Waals surface area contributed by atoms with E-state index in [1.54, 1.807) is 36.5 Å². The molecule has 34 heavy (non-hydrogen) atoms. The molecule has 5 aromatic rings. The van der Waals surface area contributed by atoms with Crippen LogP contribution in [0.3, 0.4) is 0 Å². The lowest BCUT2D eigenvalue weighted by molar-refractivity contribution is 0.588. The first-order valence-corrected chi connectivity index (χ1v) is 12.3. The predicted octanol–water partition coefficient (Wildman–Crippen LogP) is 5.01. The normalized spacial score (nSPS) is 11.4. The van der Waals surface area contributed by atoms with E-state index in [0.29, 0.717) is 23.4 Å². The third-order valence-electron chi connectivity index (χ3n) is 5.48. The highest BCUT2D eigenvalue weighted by Gasteiger charge is 2.20. The molecule has 0 N–H and O–H groups in total. The summed E-state index contributed by atoms with van der Waals surface area (Å²) in [6.45, 7) is 2.23. The average molecular weight is 467 g/mol. The lowest BCUT2D eigenvalue weighted by atomic mass is 10.0. The molecule has 0 spiro atoms. The SMILES string of the molecule is Cc1ccc(S(=O)(=O)n2ccc3nc(CN=C(c4ccccc4)c4ccccc4)cnc32)cc1. The minimum absolute atomic E-state index is 0.210. The van der Waals surface area contributed by atoms with Crippen LogP contribution in [0.25, 0.3) is 11.2 Å². The second-order valence-electron chi connectivity index (χ2n) is 7.90. The van der Waals surface area contributed by atoms with Gasteiger partial charge in [0, 0.05) is 17.3 Å². The summed E-state index contributed by atoms with van der Waals surface area (Å²) in [6.07, 6.45) is 3.08. The monoisotopic (exact) mass is 466 g/mol. The van der Waals surface area contributed by atoms with Crippen molar-refractivity contribution in [1.82, 2.24) is 13.9 Å². The van der Waals surface area contributed by atoms with E-state index in [1.807, 2.05) is 67.6 Å². The molecule has 0 fully saturated rings. The van der Waals surface area contributed by atoms with Crippen molar-refractivity contribution in [2.75, 3.05) is 0 Å². The zero-order valence-corrected chi connectivity index (χ0v) is 19.4. The Morgan fingerprint density at radius 3 is 2.09 bits per heavy atom. The van der Waals surface area contributed by atoms with Crippen LogP contribution in [0.15, 0.2) is 113 Å². The summed E-state index contributed by atoms with van der Waals surface area (Å²) in [5.41, 5.74) is 5.33. The van der Waals surface area contributed by atoms with Crippen LogP contribution in [0.1, 0.15) is 22.4 Å².